The SMILES string of the molecule is CC(C)C(N)C(=O)NC1(Cc2ccccc2)CCN(C(C)C)CC1.CC(C)N1CCC(Cc2ccccc2)(NC(=O)C(C)(C)O)CC1.CC(C)N1CCC(Cc2ccccc2)(NC(=O)C2CCCN2C)CC1.CC(C)N1CCC(Cc2ccccc2)(NC(=O)C2NCCC2O)CC1.CC(C)N1CCC(Cc2ccccc2)(NC(=O)CN(C)C)CC1. The molecule has 5 aromatic carbocycles. The molecule has 0 radical (unpaired) electrons. The Balaban J connectivity index is 0.000000187. The van der Waals surface area contributed by atoms with Gasteiger partial charge >= 0.3 is 0 Å². The number of likely N-dealkylation sites (tertiary alicyclic amines) is 6. The quantitative estimate of drug-likeness (QED) is 0.0237. The van der Waals surface area contributed by atoms with Crippen molar-refractivity contribution in [2.75, 3.05) is 106 Å². The highest BCUT2D eigenvalue weighted by atomic mass is 16.3. The molecule has 10 N–H and O–H groups in total. The molecule has 0 bridgehead atoms. The third-order valence-corrected chi connectivity index (χ3v) is 26.6. The van der Waals surface area contributed by atoms with Gasteiger partial charge in [-0.3, -0.25) is 28.9 Å². The van der Waals surface area contributed by atoms with Crippen LogP contribution >= 0.6 is 0 Å². The predicted octanol–water partition coefficient (Wildman–Crippen LogP) is 11.1. The van der Waals surface area contributed by atoms with Crippen LogP contribution in [0.5, 0.6) is 0 Å². The minimum Gasteiger partial charge on any atom is -0.391 e. The topological polar surface area (TPSA) is 247 Å². The molecule has 4 atom stereocenters. The van der Waals surface area contributed by atoms with Crippen molar-refractivity contribution in [1.82, 2.24) is 66.2 Å². The summed E-state index contributed by atoms with van der Waals surface area (Å²) < 4.78 is 0. The molecule has 7 aliphatic rings. The van der Waals surface area contributed by atoms with E-state index in [0.29, 0.717) is 49.7 Å². The lowest BCUT2D eigenvalue weighted by atomic mass is 9.81. The average Bonchev–Trinajstić information content (AvgIpc) is 0.861. The Kier molecular flexibility index (Phi) is 38.3. The standard InChI is InChI=1S/C21H33N3O.C20H31N3O2.C20H33N3O.C19H31N3O.C19H30N2O2/c1-17(2)24-14-11-21(12-15-24,16-18-8-5-4-6-9-18)22-20(25)19-10-7-13-23(19)3;1-15(2)23-12-9-20(10-13-23,14-16-6-4-3-5-7-16)22-19(25)18-17(24)8-11-21-18;1-15(2)18(21)19(24)22-20(14-17-8-6-5-7-9-17)10-12-23(13-11-20)16(3)4;1-16(2)22-12-10-19(11-13-22,20-18(23)15-21(3)4)14-17-8-6-5-7-9-17;1-15(2)21-12-10-19(11-13-21,20-17(22)18(3,4)23)14-16-8-6-5-7-9-16/h4-6,8-9,17,19H,7,10-16H2,1-3H3,(H,22,25);3-7,15,17-18,21,24H,8-14H2,1-2H3,(H,22,25);5-9,15-16,18H,10-14,21H2,1-4H3,(H,22,24);5-9,16H,10-15H2,1-4H3,(H,20,23);5-9,15,23H,10-14H2,1-4H3,(H,20,22). The second-order valence-electron chi connectivity index (χ2n) is 38.8. The third kappa shape index (κ3) is 30.8. The predicted molar refractivity (Wildman–Crippen MR) is 491 cm³/mol. The molecule has 0 spiro atoms. The maximum Gasteiger partial charge on any atom is 0.251 e. The van der Waals surface area contributed by atoms with E-state index < -0.39 is 23.8 Å². The van der Waals surface area contributed by atoms with Crippen LogP contribution in [-0.2, 0) is 56.1 Å². The molecule has 666 valence electrons. The Morgan fingerprint density at radius 1 is 0.433 bits per heavy atom. The number of hydrogen-bond acceptors (Lipinski definition) is 16. The number of carbonyl (C=O) groups excluding carboxylic acids is 5. The number of hydrogen-bond donors (Lipinski definition) is 9. The molecule has 120 heavy (non-hydrogen) atoms. The molecule has 7 heterocycles. The minimum absolute atomic E-state index is 0.0149. The molecule has 12 rings (SSSR count). The number of aliphatic hydroxyl groups is 2. The van der Waals surface area contributed by atoms with Crippen LogP contribution in [0.25, 0.3) is 0 Å². The molecule has 0 saturated carbocycles. The number of aliphatic hydroxyl groups excluding tert-OH is 1. The minimum atomic E-state index is -1.35. The molecule has 5 aromatic rings. The first kappa shape index (κ1) is 98.4. The van der Waals surface area contributed by atoms with Crippen LogP contribution in [0.4, 0.5) is 0 Å². The van der Waals surface area contributed by atoms with Gasteiger partial charge in [-0.2, -0.15) is 0 Å². The molecule has 0 aliphatic carbocycles. The summed E-state index contributed by atoms with van der Waals surface area (Å²) in [5, 5.41) is 39.9. The number of amides is 5. The fourth-order valence-corrected chi connectivity index (χ4v) is 18.6. The first-order chi connectivity index (χ1) is 56.9. The highest BCUT2D eigenvalue weighted by Gasteiger charge is 2.45. The highest BCUT2D eigenvalue weighted by Crippen LogP contribution is 2.35. The van der Waals surface area contributed by atoms with Crippen molar-refractivity contribution in [2.24, 2.45) is 11.7 Å². The van der Waals surface area contributed by atoms with E-state index in [0.717, 1.165) is 181 Å². The number of benzene rings is 5. The van der Waals surface area contributed by atoms with Crippen LogP contribution in [-0.4, -0.2) is 268 Å². The summed E-state index contributed by atoms with van der Waals surface area (Å²) in [4.78, 5) is 79.7. The largest absolute Gasteiger partial charge is 0.391 e. The summed E-state index contributed by atoms with van der Waals surface area (Å²) in [6, 6.07) is 54.1. The van der Waals surface area contributed by atoms with E-state index in [2.05, 4.69) is 253 Å². The number of likely N-dealkylation sites (N-methyl/N-ethyl adjacent to an activating group) is 2. The number of nitrogens with one attached hydrogen (secondary N) is 6. The summed E-state index contributed by atoms with van der Waals surface area (Å²) in [7, 11) is 5.94. The van der Waals surface area contributed by atoms with Gasteiger partial charge in [0.15, 0.2) is 0 Å². The van der Waals surface area contributed by atoms with Gasteiger partial charge in [-0.15, -0.1) is 0 Å². The zero-order valence-electron chi connectivity index (χ0n) is 76.8. The lowest BCUT2D eigenvalue weighted by molar-refractivity contribution is -0.139. The molecule has 7 aliphatic heterocycles. The zero-order chi connectivity index (χ0) is 87.4. The maximum atomic E-state index is 13.0. The van der Waals surface area contributed by atoms with Gasteiger partial charge in [-0.25, -0.2) is 0 Å². The number of piperidine rings is 5. The van der Waals surface area contributed by atoms with E-state index in [1.54, 1.807) is 13.8 Å². The van der Waals surface area contributed by atoms with Gasteiger partial charge in [0.2, 0.25) is 23.6 Å². The Labute approximate surface area is 723 Å². The monoisotopic (exact) mass is 1660 g/mol. The molecule has 7 saturated heterocycles. The molecule has 4 unspecified atom stereocenters. The van der Waals surface area contributed by atoms with Crippen molar-refractivity contribution in [1.29, 1.82) is 0 Å². The van der Waals surface area contributed by atoms with E-state index in [1.165, 1.54) is 27.8 Å². The molecule has 21 nitrogen and oxygen atoms in total. The van der Waals surface area contributed by atoms with E-state index in [-0.39, 0.29) is 69.2 Å². The van der Waals surface area contributed by atoms with Crippen LogP contribution in [0, 0.1) is 5.92 Å². The van der Waals surface area contributed by atoms with E-state index in [4.69, 9.17) is 5.73 Å². The average molecular weight is 1660 g/mol. The van der Waals surface area contributed by atoms with Gasteiger partial charge in [0.05, 0.1) is 24.7 Å². The summed E-state index contributed by atoms with van der Waals surface area (Å²) in [6.07, 6.45) is 16.3. The molecule has 0 aromatic heterocycles. The van der Waals surface area contributed by atoms with Crippen LogP contribution in [0.15, 0.2) is 152 Å². The second-order valence-corrected chi connectivity index (χ2v) is 38.8. The fourth-order valence-electron chi connectivity index (χ4n) is 18.6. The molecule has 7 fully saturated rings. The van der Waals surface area contributed by atoms with E-state index in [9.17, 15) is 34.2 Å². The zero-order valence-corrected chi connectivity index (χ0v) is 76.8. The van der Waals surface area contributed by atoms with Gasteiger partial charge in [-0.1, -0.05) is 166 Å². The maximum absolute atomic E-state index is 13.0. The Hall–Kier alpha value is -6.99. The number of carbonyl (C=O) groups is 5. The van der Waals surface area contributed by atoms with Gasteiger partial charge in [0.1, 0.15) is 11.6 Å². The Morgan fingerprint density at radius 2 is 0.717 bits per heavy atom. The van der Waals surface area contributed by atoms with Crippen LogP contribution in [0.3, 0.4) is 0 Å². The third-order valence-electron chi connectivity index (χ3n) is 26.6. The second kappa shape index (κ2) is 46.7. The van der Waals surface area contributed by atoms with Gasteiger partial charge in [0, 0.05) is 123 Å². The molecule has 5 amide bonds. The van der Waals surface area contributed by atoms with E-state index in [1.807, 2.05) is 69.2 Å². The van der Waals surface area contributed by atoms with Crippen LogP contribution < -0.4 is 37.6 Å². The number of nitrogens with two attached hydrogens (primary N) is 1. The van der Waals surface area contributed by atoms with Crippen molar-refractivity contribution in [3.05, 3.63) is 179 Å². The Morgan fingerprint density at radius 3 is 0.967 bits per heavy atom. The highest BCUT2D eigenvalue weighted by molar-refractivity contribution is 5.85. The fraction of sp³-hybridized carbons (Fsp3) is 0.646. The van der Waals surface area contributed by atoms with E-state index >= 15 is 0 Å². The van der Waals surface area contributed by atoms with Crippen molar-refractivity contribution < 1.29 is 34.2 Å². The van der Waals surface area contributed by atoms with Crippen LogP contribution in [0.2, 0.25) is 0 Å². The van der Waals surface area contributed by atoms with Crippen molar-refractivity contribution in [3.8, 4) is 0 Å². The lowest BCUT2D eigenvalue weighted by Crippen LogP contribution is -2.61. The van der Waals surface area contributed by atoms with Crippen LogP contribution in [0.1, 0.15) is 208 Å². The smallest absolute Gasteiger partial charge is 0.251 e. The molecular formula is C99H158N14O7. The first-order valence-corrected chi connectivity index (χ1v) is 45.7. The summed E-state index contributed by atoms with van der Waals surface area (Å²) >= 11 is 0. The molecular weight excluding hydrogens is 1500 g/mol. The number of nitrogens with zero attached hydrogens (tertiary/aromatic N) is 7. The van der Waals surface area contributed by atoms with Gasteiger partial charge in [-0.05, 0) is 267 Å². The van der Waals surface area contributed by atoms with Gasteiger partial charge in [0.25, 0.3) is 5.91 Å². The number of rotatable bonds is 27. The summed E-state index contributed by atoms with van der Waals surface area (Å²) in [6.45, 7) is 41.8. The normalized spacial score (nSPS) is 21.7. The van der Waals surface area contributed by atoms with Gasteiger partial charge < -0.3 is 77.2 Å². The van der Waals surface area contributed by atoms with Crippen molar-refractivity contribution >= 4 is 29.5 Å². The Bertz CT molecular complexity index is 3700. The van der Waals surface area contributed by atoms with Crippen molar-refractivity contribution in [3.63, 3.8) is 0 Å². The first-order valence-electron chi connectivity index (χ1n) is 45.7. The van der Waals surface area contributed by atoms with Crippen molar-refractivity contribution in [2.45, 2.75) is 300 Å². The summed E-state index contributed by atoms with van der Waals surface area (Å²) in [5.74, 6) is 0.150. The lowest BCUT2D eigenvalue weighted by Gasteiger charge is -2.44. The molecule has 21 heteroatoms. The summed E-state index contributed by atoms with van der Waals surface area (Å²) in [5.41, 5.74) is 10.2.